The molecule has 1 atom stereocenters. The molecule has 0 bridgehead atoms. The van der Waals surface area contributed by atoms with Gasteiger partial charge in [-0.05, 0) is 55.3 Å². The van der Waals surface area contributed by atoms with Crippen LogP contribution in [0.5, 0.6) is 0 Å². The Morgan fingerprint density at radius 2 is 1.90 bits per heavy atom. The van der Waals surface area contributed by atoms with Gasteiger partial charge >= 0.3 is 0 Å². The van der Waals surface area contributed by atoms with Crippen LogP contribution in [0.2, 0.25) is 0 Å². The summed E-state index contributed by atoms with van der Waals surface area (Å²) in [5, 5.41) is 3.62. The molecule has 2 rings (SSSR count). The number of halogens is 2. The van der Waals surface area contributed by atoms with Gasteiger partial charge in [-0.2, -0.15) is 0 Å². The van der Waals surface area contributed by atoms with E-state index >= 15 is 0 Å². The highest BCUT2D eigenvalue weighted by Crippen LogP contribution is 2.41. The fourth-order valence-electron chi connectivity index (χ4n) is 3.32. The maximum atomic E-state index is 13.4. The highest BCUT2D eigenvalue weighted by Gasteiger charge is 2.36. The molecule has 0 aromatic heterocycles. The molecule has 20 heavy (non-hydrogen) atoms. The molecule has 0 saturated heterocycles. The van der Waals surface area contributed by atoms with Gasteiger partial charge in [-0.1, -0.05) is 32.8 Å². The molecule has 1 N–H and O–H groups in total. The first kappa shape index (κ1) is 15.4. The van der Waals surface area contributed by atoms with Crippen molar-refractivity contribution in [1.82, 2.24) is 5.32 Å². The molecule has 1 aromatic carbocycles. The minimum atomic E-state index is -0.765. The zero-order chi connectivity index (χ0) is 14.6. The molecule has 1 aliphatic rings. The summed E-state index contributed by atoms with van der Waals surface area (Å²) in [7, 11) is 0. The average molecular weight is 281 g/mol. The summed E-state index contributed by atoms with van der Waals surface area (Å²) in [6.07, 6.45) is 6.85. The third-order valence-electron chi connectivity index (χ3n) is 4.65. The second-order valence-corrected chi connectivity index (χ2v) is 6.32. The average Bonchev–Trinajstić information content (AvgIpc) is 2.86. The molecule has 0 radical (unpaired) electrons. The quantitative estimate of drug-likeness (QED) is 0.812. The van der Waals surface area contributed by atoms with E-state index < -0.39 is 11.6 Å². The molecule has 1 aromatic rings. The van der Waals surface area contributed by atoms with Gasteiger partial charge in [0.15, 0.2) is 11.6 Å². The van der Waals surface area contributed by atoms with Crippen molar-refractivity contribution in [3.63, 3.8) is 0 Å². The van der Waals surface area contributed by atoms with Crippen molar-refractivity contribution in [3.8, 4) is 0 Å². The van der Waals surface area contributed by atoms with E-state index in [0.717, 1.165) is 24.9 Å². The Morgan fingerprint density at radius 1 is 1.20 bits per heavy atom. The third kappa shape index (κ3) is 3.57. The van der Waals surface area contributed by atoms with Crippen LogP contribution in [0, 0.1) is 17.0 Å². The van der Waals surface area contributed by atoms with Gasteiger partial charge in [-0.25, -0.2) is 8.78 Å². The predicted octanol–water partition coefficient (Wildman–Crippen LogP) is 4.46. The van der Waals surface area contributed by atoms with Gasteiger partial charge in [0, 0.05) is 6.04 Å². The molecule has 0 spiro atoms. The highest BCUT2D eigenvalue weighted by atomic mass is 19.2. The van der Waals surface area contributed by atoms with Crippen LogP contribution in [-0.2, 0) is 6.42 Å². The summed E-state index contributed by atoms with van der Waals surface area (Å²) in [6.45, 7) is 5.45. The normalized spacial score (nSPS) is 19.2. The Balaban J connectivity index is 2.12. The van der Waals surface area contributed by atoms with E-state index in [1.165, 1.54) is 37.8 Å². The summed E-state index contributed by atoms with van der Waals surface area (Å²) in [5.41, 5.74) is 1.16. The summed E-state index contributed by atoms with van der Waals surface area (Å²) in [6, 6.07) is 4.62. The van der Waals surface area contributed by atoms with Crippen LogP contribution < -0.4 is 5.32 Å². The summed E-state index contributed by atoms with van der Waals surface area (Å²) in [4.78, 5) is 0. The number of hydrogen-bond donors (Lipinski definition) is 1. The molecule has 3 heteroatoms. The van der Waals surface area contributed by atoms with E-state index in [1.807, 2.05) is 0 Å². The zero-order valence-electron chi connectivity index (χ0n) is 12.5. The van der Waals surface area contributed by atoms with Gasteiger partial charge < -0.3 is 5.32 Å². The van der Waals surface area contributed by atoms with Crippen molar-refractivity contribution in [2.45, 2.75) is 58.4 Å². The summed E-state index contributed by atoms with van der Waals surface area (Å²) >= 11 is 0. The lowest BCUT2D eigenvalue weighted by molar-refractivity contribution is 0.219. The molecule has 0 amide bonds. The molecule has 0 heterocycles. The SMILES string of the molecule is CCCNC(Cc1ccc(F)c(F)c1)C1(C)CCCC1. The molecular weight excluding hydrogens is 256 g/mol. The summed E-state index contributed by atoms with van der Waals surface area (Å²) in [5.74, 6) is -1.51. The van der Waals surface area contributed by atoms with E-state index in [-0.39, 0.29) is 5.41 Å². The number of rotatable bonds is 6. The van der Waals surface area contributed by atoms with Gasteiger partial charge in [-0.15, -0.1) is 0 Å². The van der Waals surface area contributed by atoms with Gasteiger partial charge in [-0.3, -0.25) is 0 Å². The summed E-state index contributed by atoms with van der Waals surface area (Å²) < 4.78 is 26.4. The molecule has 0 aliphatic heterocycles. The monoisotopic (exact) mass is 281 g/mol. The largest absolute Gasteiger partial charge is 0.313 e. The second kappa shape index (κ2) is 6.66. The lowest BCUT2D eigenvalue weighted by Crippen LogP contribution is -2.44. The van der Waals surface area contributed by atoms with E-state index in [0.29, 0.717) is 6.04 Å². The highest BCUT2D eigenvalue weighted by molar-refractivity contribution is 5.19. The van der Waals surface area contributed by atoms with Crippen molar-refractivity contribution in [1.29, 1.82) is 0 Å². The first-order chi connectivity index (χ1) is 9.55. The van der Waals surface area contributed by atoms with Gasteiger partial charge in [0.05, 0.1) is 0 Å². The third-order valence-corrected chi connectivity index (χ3v) is 4.65. The molecule has 1 aliphatic carbocycles. The number of nitrogens with one attached hydrogen (secondary N) is 1. The van der Waals surface area contributed by atoms with Crippen LogP contribution in [0.25, 0.3) is 0 Å². The molecule has 1 unspecified atom stereocenters. The van der Waals surface area contributed by atoms with E-state index in [4.69, 9.17) is 0 Å². The minimum Gasteiger partial charge on any atom is -0.313 e. The van der Waals surface area contributed by atoms with Crippen molar-refractivity contribution >= 4 is 0 Å². The fourth-order valence-corrected chi connectivity index (χ4v) is 3.32. The van der Waals surface area contributed by atoms with Crippen LogP contribution in [0.1, 0.15) is 51.5 Å². The Hall–Kier alpha value is -0.960. The van der Waals surface area contributed by atoms with Crippen molar-refractivity contribution in [3.05, 3.63) is 35.4 Å². The van der Waals surface area contributed by atoms with Crippen LogP contribution >= 0.6 is 0 Å². The Morgan fingerprint density at radius 3 is 2.50 bits per heavy atom. The Labute approximate surface area is 120 Å². The first-order valence-corrected chi connectivity index (χ1v) is 7.72. The Bertz CT molecular complexity index is 439. The van der Waals surface area contributed by atoms with Crippen molar-refractivity contribution < 1.29 is 8.78 Å². The molecule has 1 saturated carbocycles. The first-order valence-electron chi connectivity index (χ1n) is 7.72. The maximum Gasteiger partial charge on any atom is 0.159 e. The molecular formula is C17H25F2N. The fraction of sp³-hybridized carbons (Fsp3) is 0.647. The molecule has 1 fully saturated rings. The second-order valence-electron chi connectivity index (χ2n) is 6.32. The Kier molecular flexibility index (Phi) is 5.14. The van der Waals surface area contributed by atoms with Crippen molar-refractivity contribution in [2.24, 2.45) is 5.41 Å². The van der Waals surface area contributed by atoms with Gasteiger partial charge in [0.25, 0.3) is 0 Å². The van der Waals surface area contributed by atoms with Crippen LogP contribution in [-0.4, -0.2) is 12.6 Å². The maximum absolute atomic E-state index is 13.4. The van der Waals surface area contributed by atoms with Crippen LogP contribution in [0.3, 0.4) is 0 Å². The minimum absolute atomic E-state index is 0.278. The van der Waals surface area contributed by atoms with Gasteiger partial charge in [0.1, 0.15) is 0 Å². The zero-order valence-corrected chi connectivity index (χ0v) is 12.5. The lowest BCUT2D eigenvalue weighted by Gasteiger charge is -2.35. The number of hydrogen-bond acceptors (Lipinski definition) is 1. The standard InChI is InChI=1S/C17H25F2N/c1-3-10-20-16(17(2)8-4-5-9-17)12-13-6-7-14(18)15(19)11-13/h6-7,11,16,20H,3-5,8-10,12H2,1-2H3. The van der Waals surface area contributed by atoms with E-state index in [9.17, 15) is 8.78 Å². The topological polar surface area (TPSA) is 12.0 Å². The van der Waals surface area contributed by atoms with Gasteiger partial charge in [0.2, 0.25) is 0 Å². The van der Waals surface area contributed by atoms with Crippen LogP contribution in [0.15, 0.2) is 18.2 Å². The lowest BCUT2D eigenvalue weighted by atomic mass is 9.77. The number of benzene rings is 1. The van der Waals surface area contributed by atoms with Crippen molar-refractivity contribution in [2.75, 3.05) is 6.54 Å². The predicted molar refractivity (Wildman–Crippen MR) is 78.7 cm³/mol. The van der Waals surface area contributed by atoms with E-state index in [2.05, 4.69) is 19.2 Å². The molecule has 1 nitrogen and oxygen atoms in total. The molecule has 112 valence electrons. The van der Waals surface area contributed by atoms with E-state index in [1.54, 1.807) is 6.07 Å². The smallest absolute Gasteiger partial charge is 0.159 e. The van der Waals surface area contributed by atoms with Crippen LogP contribution in [0.4, 0.5) is 8.78 Å².